The Morgan fingerprint density at radius 3 is 2.50 bits per heavy atom. The predicted molar refractivity (Wildman–Crippen MR) is 70.6 cm³/mol. The molecule has 0 amide bonds. The molecule has 102 valence electrons. The average Bonchev–Trinajstić information content (AvgIpc) is 2.74. The molecule has 0 aliphatic rings. The SMILES string of the molecule is CCCN(C(C)C)S(=O)(=O)c1cc(C(=O)O)cs1. The zero-order valence-corrected chi connectivity index (χ0v) is 12.2. The molecule has 0 aromatic carbocycles. The van der Waals surface area contributed by atoms with Gasteiger partial charge in [0.05, 0.1) is 5.56 Å². The summed E-state index contributed by atoms with van der Waals surface area (Å²) in [5.41, 5.74) is 0.0128. The zero-order valence-electron chi connectivity index (χ0n) is 10.6. The molecule has 7 heteroatoms. The van der Waals surface area contributed by atoms with Crippen LogP contribution in [0.25, 0.3) is 0 Å². The number of rotatable bonds is 6. The van der Waals surface area contributed by atoms with E-state index in [0.29, 0.717) is 13.0 Å². The van der Waals surface area contributed by atoms with E-state index < -0.39 is 16.0 Å². The summed E-state index contributed by atoms with van der Waals surface area (Å²) in [6.07, 6.45) is 0.717. The van der Waals surface area contributed by atoms with Crippen LogP contribution in [-0.4, -0.2) is 36.4 Å². The van der Waals surface area contributed by atoms with Gasteiger partial charge in [-0.2, -0.15) is 4.31 Å². The van der Waals surface area contributed by atoms with E-state index in [2.05, 4.69) is 0 Å². The van der Waals surface area contributed by atoms with Crippen molar-refractivity contribution in [1.29, 1.82) is 0 Å². The third kappa shape index (κ3) is 3.09. The Bertz CT molecular complexity index is 519. The van der Waals surface area contributed by atoms with Crippen molar-refractivity contribution < 1.29 is 18.3 Å². The van der Waals surface area contributed by atoms with Gasteiger partial charge in [-0.3, -0.25) is 0 Å². The van der Waals surface area contributed by atoms with Gasteiger partial charge < -0.3 is 5.11 Å². The van der Waals surface area contributed by atoms with Crippen molar-refractivity contribution in [3.8, 4) is 0 Å². The van der Waals surface area contributed by atoms with E-state index in [1.54, 1.807) is 13.8 Å². The largest absolute Gasteiger partial charge is 0.478 e. The summed E-state index contributed by atoms with van der Waals surface area (Å²) in [5.74, 6) is -1.11. The maximum atomic E-state index is 12.3. The summed E-state index contributed by atoms with van der Waals surface area (Å²) in [6, 6.07) is 1.07. The Morgan fingerprint density at radius 1 is 1.50 bits per heavy atom. The van der Waals surface area contributed by atoms with Gasteiger partial charge in [-0.15, -0.1) is 11.3 Å². The standard InChI is InChI=1S/C11H17NO4S2/c1-4-5-12(8(2)3)18(15,16)10-6-9(7-17-10)11(13)14/h6-8H,4-5H2,1-3H3,(H,13,14). The second-order valence-corrected chi connectivity index (χ2v) is 7.20. The van der Waals surface area contributed by atoms with E-state index in [0.717, 1.165) is 11.3 Å². The van der Waals surface area contributed by atoms with Gasteiger partial charge in [0, 0.05) is 18.0 Å². The third-order valence-corrected chi connectivity index (χ3v) is 5.90. The highest BCUT2D eigenvalue weighted by molar-refractivity contribution is 7.91. The van der Waals surface area contributed by atoms with E-state index in [1.165, 1.54) is 15.8 Å². The lowest BCUT2D eigenvalue weighted by Gasteiger charge is -2.24. The fourth-order valence-electron chi connectivity index (χ4n) is 1.56. The van der Waals surface area contributed by atoms with Gasteiger partial charge in [-0.05, 0) is 26.3 Å². The minimum atomic E-state index is -3.59. The molecule has 0 spiro atoms. The molecule has 1 rings (SSSR count). The molecule has 0 unspecified atom stereocenters. The zero-order chi connectivity index (χ0) is 13.9. The summed E-state index contributed by atoms with van der Waals surface area (Å²) in [7, 11) is -3.59. The quantitative estimate of drug-likeness (QED) is 0.872. The fourth-order valence-corrected chi connectivity index (χ4v) is 4.57. The van der Waals surface area contributed by atoms with Crippen LogP contribution in [0, 0.1) is 0 Å². The molecule has 18 heavy (non-hydrogen) atoms. The fraction of sp³-hybridized carbons (Fsp3) is 0.545. The lowest BCUT2D eigenvalue weighted by atomic mass is 10.4. The number of sulfonamides is 1. The van der Waals surface area contributed by atoms with Crippen molar-refractivity contribution in [2.45, 2.75) is 37.4 Å². The van der Waals surface area contributed by atoms with Crippen LogP contribution < -0.4 is 0 Å². The number of carboxylic acid groups (broad SMARTS) is 1. The summed E-state index contributed by atoms with van der Waals surface area (Å²) in [5, 5.41) is 10.2. The minimum Gasteiger partial charge on any atom is -0.478 e. The normalized spacial score (nSPS) is 12.3. The first-order valence-electron chi connectivity index (χ1n) is 5.64. The van der Waals surface area contributed by atoms with Crippen LogP contribution in [-0.2, 0) is 10.0 Å². The van der Waals surface area contributed by atoms with Gasteiger partial charge in [0.25, 0.3) is 10.0 Å². The Kier molecular flexibility index (Phi) is 4.89. The number of carboxylic acids is 1. The monoisotopic (exact) mass is 291 g/mol. The van der Waals surface area contributed by atoms with Crippen molar-refractivity contribution in [2.75, 3.05) is 6.54 Å². The van der Waals surface area contributed by atoms with Crippen LogP contribution in [0.1, 0.15) is 37.6 Å². The predicted octanol–water partition coefficient (Wildman–Crippen LogP) is 2.26. The molecule has 0 atom stereocenters. The lowest BCUT2D eigenvalue weighted by Crippen LogP contribution is -2.37. The molecule has 0 saturated carbocycles. The molecule has 1 N–H and O–H groups in total. The van der Waals surface area contributed by atoms with E-state index in [4.69, 9.17) is 5.11 Å². The van der Waals surface area contributed by atoms with E-state index in [1.807, 2.05) is 6.92 Å². The molecule has 0 bridgehead atoms. The highest BCUT2D eigenvalue weighted by Crippen LogP contribution is 2.25. The van der Waals surface area contributed by atoms with Crippen molar-refractivity contribution in [3.05, 3.63) is 17.0 Å². The van der Waals surface area contributed by atoms with Crippen LogP contribution in [0.15, 0.2) is 15.7 Å². The van der Waals surface area contributed by atoms with Gasteiger partial charge in [-0.25, -0.2) is 13.2 Å². The van der Waals surface area contributed by atoms with Gasteiger partial charge in [-0.1, -0.05) is 6.92 Å². The second-order valence-electron chi connectivity index (χ2n) is 4.17. The van der Waals surface area contributed by atoms with Crippen LogP contribution in [0.5, 0.6) is 0 Å². The second kappa shape index (κ2) is 5.81. The minimum absolute atomic E-state index is 0.0128. The van der Waals surface area contributed by atoms with Gasteiger partial charge >= 0.3 is 5.97 Å². The van der Waals surface area contributed by atoms with E-state index >= 15 is 0 Å². The average molecular weight is 291 g/mol. The molecule has 0 radical (unpaired) electrons. The topological polar surface area (TPSA) is 74.7 Å². The van der Waals surface area contributed by atoms with Crippen LogP contribution >= 0.6 is 11.3 Å². The van der Waals surface area contributed by atoms with E-state index in [9.17, 15) is 13.2 Å². The van der Waals surface area contributed by atoms with Crippen LogP contribution in [0.2, 0.25) is 0 Å². The molecule has 0 aliphatic carbocycles. The number of thiophene rings is 1. The summed E-state index contributed by atoms with van der Waals surface area (Å²) < 4.78 is 26.2. The molecule has 1 aromatic heterocycles. The first-order valence-corrected chi connectivity index (χ1v) is 7.96. The van der Waals surface area contributed by atoms with Crippen molar-refractivity contribution >= 4 is 27.3 Å². The Hall–Kier alpha value is -0.920. The first-order chi connectivity index (χ1) is 8.30. The number of carbonyl (C=O) groups is 1. The molecule has 5 nitrogen and oxygen atoms in total. The first kappa shape index (κ1) is 15.1. The number of hydrogen-bond donors (Lipinski definition) is 1. The summed E-state index contributed by atoms with van der Waals surface area (Å²) in [6.45, 7) is 5.94. The maximum Gasteiger partial charge on any atom is 0.336 e. The summed E-state index contributed by atoms with van der Waals surface area (Å²) >= 11 is 0.946. The molecule has 1 heterocycles. The van der Waals surface area contributed by atoms with Crippen molar-refractivity contribution in [3.63, 3.8) is 0 Å². The third-order valence-electron chi connectivity index (χ3n) is 2.41. The lowest BCUT2D eigenvalue weighted by molar-refractivity contribution is 0.0697. The molecule has 0 fully saturated rings. The highest BCUT2D eigenvalue weighted by Gasteiger charge is 2.28. The number of nitrogens with zero attached hydrogens (tertiary/aromatic N) is 1. The molecule has 0 aliphatic heterocycles. The highest BCUT2D eigenvalue weighted by atomic mass is 32.2. The molecular weight excluding hydrogens is 274 g/mol. The van der Waals surface area contributed by atoms with Gasteiger partial charge in [0.1, 0.15) is 4.21 Å². The number of aromatic carboxylic acids is 1. The van der Waals surface area contributed by atoms with Gasteiger partial charge in [0.15, 0.2) is 0 Å². The van der Waals surface area contributed by atoms with Crippen LogP contribution in [0.3, 0.4) is 0 Å². The molecular formula is C11H17NO4S2. The maximum absolute atomic E-state index is 12.3. The number of hydrogen-bond acceptors (Lipinski definition) is 4. The summed E-state index contributed by atoms with van der Waals surface area (Å²) in [4.78, 5) is 10.8. The molecule has 0 saturated heterocycles. The smallest absolute Gasteiger partial charge is 0.336 e. The van der Waals surface area contributed by atoms with Gasteiger partial charge in [0.2, 0.25) is 0 Å². The Balaban J connectivity index is 3.14. The Morgan fingerprint density at radius 2 is 2.11 bits per heavy atom. The Labute approximate surface area is 111 Å². The van der Waals surface area contributed by atoms with Crippen molar-refractivity contribution in [1.82, 2.24) is 4.31 Å². The molecule has 1 aromatic rings. The van der Waals surface area contributed by atoms with Crippen LogP contribution in [0.4, 0.5) is 0 Å². The van der Waals surface area contributed by atoms with E-state index in [-0.39, 0.29) is 15.8 Å². The van der Waals surface area contributed by atoms with Crippen molar-refractivity contribution in [2.24, 2.45) is 0 Å².